The van der Waals surface area contributed by atoms with Crippen molar-refractivity contribution in [2.45, 2.75) is 20.4 Å². The first kappa shape index (κ1) is 14.2. The predicted octanol–water partition coefficient (Wildman–Crippen LogP) is 2.97. The highest BCUT2D eigenvalue weighted by Crippen LogP contribution is 2.21. The average molecular weight is 291 g/mol. The number of aryl methyl sites for hydroxylation is 2. The van der Waals surface area contributed by atoms with E-state index in [-0.39, 0.29) is 5.56 Å². The third-order valence-electron chi connectivity index (χ3n) is 3.62. The fourth-order valence-electron chi connectivity index (χ4n) is 2.38. The van der Waals surface area contributed by atoms with E-state index in [0.717, 1.165) is 22.4 Å². The van der Waals surface area contributed by atoms with Crippen LogP contribution in [0.1, 0.15) is 16.7 Å². The summed E-state index contributed by atoms with van der Waals surface area (Å²) in [7, 11) is 0. The Morgan fingerprint density at radius 1 is 1.00 bits per heavy atom. The lowest BCUT2D eigenvalue weighted by Gasteiger charge is -2.10. The van der Waals surface area contributed by atoms with Crippen LogP contribution in [-0.2, 0) is 6.54 Å². The van der Waals surface area contributed by atoms with Gasteiger partial charge in [0, 0.05) is 24.0 Å². The number of nitrogens with zero attached hydrogens (tertiary/aromatic N) is 3. The summed E-state index contributed by atoms with van der Waals surface area (Å²) in [4.78, 5) is 16.0. The molecule has 3 aromatic rings. The Kier molecular flexibility index (Phi) is 3.83. The van der Waals surface area contributed by atoms with Crippen LogP contribution in [0, 0.1) is 13.8 Å². The fraction of sp³-hybridized carbons (Fsp3) is 0.167. The van der Waals surface area contributed by atoms with Gasteiger partial charge in [-0.3, -0.25) is 9.78 Å². The second-order valence-corrected chi connectivity index (χ2v) is 5.39. The molecule has 0 N–H and O–H groups in total. The molecule has 0 saturated heterocycles. The van der Waals surface area contributed by atoms with Crippen LogP contribution in [-0.4, -0.2) is 14.8 Å². The van der Waals surface area contributed by atoms with Crippen LogP contribution in [0.4, 0.5) is 0 Å². The van der Waals surface area contributed by atoms with E-state index < -0.39 is 0 Å². The summed E-state index contributed by atoms with van der Waals surface area (Å²) in [6.45, 7) is 4.55. The van der Waals surface area contributed by atoms with Gasteiger partial charge in [0.05, 0.1) is 12.2 Å². The molecule has 0 aliphatic carbocycles. The van der Waals surface area contributed by atoms with Crippen molar-refractivity contribution in [3.8, 4) is 11.3 Å². The molecule has 22 heavy (non-hydrogen) atoms. The lowest BCUT2D eigenvalue weighted by Crippen LogP contribution is -2.22. The van der Waals surface area contributed by atoms with Gasteiger partial charge in [-0.25, -0.2) is 4.68 Å². The van der Waals surface area contributed by atoms with Crippen molar-refractivity contribution in [2.24, 2.45) is 0 Å². The molecule has 0 radical (unpaired) electrons. The number of aromatic nitrogens is 3. The zero-order valence-electron chi connectivity index (χ0n) is 12.7. The number of pyridine rings is 1. The zero-order valence-corrected chi connectivity index (χ0v) is 12.7. The Bertz CT molecular complexity index is 854. The predicted molar refractivity (Wildman–Crippen MR) is 86.7 cm³/mol. The Balaban J connectivity index is 2.03. The van der Waals surface area contributed by atoms with E-state index >= 15 is 0 Å². The van der Waals surface area contributed by atoms with Gasteiger partial charge in [-0.05, 0) is 49.2 Å². The summed E-state index contributed by atoms with van der Waals surface area (Å²) in [6.07, 6.45) is 3.43. The van der Waals surface area contributed by atoms with Gasteiger partial charge in [0.15, 0.2) is 0 Å². The van der Waals surface area contributed by atoms with Gasteiger partial charge >= 0.3 is 0 Å². The minimum atomic E-state index is -0.106. The summed E-state index contributed by atoms with van der Waals surface area (Å²) >= 11 is 0. The van der Waals surface area contributed by atoms with Crippen molar-refractivity contribution in [1.82, 2.24) is 14.8 Å². The SMILES string of the molecule is Cc1ccc(C)c(-c2ccc(=O)n(Cc3ccncc3)n2)c1. The monoisotopic (exact) mass is 291 g/mol. The maximum atomic E-state index is 12.0. The standard InChI is InChI=1S/C18H17N3O/c1-13-3-4-14(2)16(11-13)17-5-6-18(22)21(20-17)12-15-7-9-19-10-8-15/h3-11H,12H2,1-2H3. The zero-order chi connectivity index (χ0) is 15.5. The molecule has 0 saturated carbocycles. The van der Waals surface area contributed by atoms with Crippen molar-refractivity contribution >= 4 is 0 Å². The third kappa shape index (κ3) is 2.96. The van der Waals surface area contributed by atoms with Crippen molar-refractivity contribution < 1.29 is 0 Å². The Hall–Kier alpha value is -2.75. The number of rotatable bonds is 3. The molecular formula is C18H17N3O. The van der Waals surface area contributed by atoms with Gasteiger partial charge in [0.1, 0.15) is 0 Å². The molecule has 0 atom stereocenters. The summed E-state index contributed by atoms with van der Waals surface area (Å²) in [5.74, 6) is 0. The first-order chi connectivity index (χ1) is 10.6. The minimum absolute atomic E-state index is 0.106. The highest BCUT2D eigenvalue weighted by Gasteiger charge is 2.07. The molecule has 0 aliphatic rings. The van der Waals surface area contributed by atoms with Crippen LogP contribution in [0.2, 0.25) is 0 Å². The molecule has 2 heterocycles. The number of hydrogen-bond acceptors (Lipinski definition) is 3. The van der Waals surface area contributed by atoms with Crippen LogP contribution in [0.5, 0.6) is 0 Å². The van der Waals surface area contributed by atoms with Crippen LogP contribution in [0.15, 0.2) is 59.7 Å². The van der Waals surface area contributed by atoms with Crippen molar-refractivity contribution in [3.63, 3.8) is 0 Å². The minimum Gasteiger partial charge on any atom is -0.268 e. The average Bonchev–Trinajstić information content (AvgIpc) is 2.53. The summed E-state index contributed by atoms with van der Waals surface area (Å²) in [5.41, 5.74) is 5.09. The molecule has 0 bridgehead atoms. The lowest BCUT2D eigenvalue weighted by atomic mass is 10.0. The molecule has 0 amide bonds. The molecule has 2 aromatic heterocycles. The number of hydrogen-bond donors (Lipinski definition) is 0. The van der Waals surface area contributed by atoms with Crippen LogP contribution in [0.25, 0.3) is 11.3 Å². The molecule has 0 unspecified atom stereocenters. The lowest BCUT2D eigenvalue weighted by molar-refractivity contribution is 0.642. The van der Waals surface area contributed by atoms with E-state index in [1.807, 2.05) is 12.1 Å². The van der Waals surface area contributed by atoms with Crippen LogP contribution < -0.4 is 5.56 Å². The molecule has 3 rings (SSSR count). The summed E-state index contributed by atoms with van der Waals surface area (Å²) < 4.78 is 1.49. The highest BCUT2D eigenvalue weighted by atomic mass is 16.1. The molecule has 0 spiro atoms. The van der Waals surface area contributed by atoms with Gasteiger partial charge < -0.3 is 0 Å². The normalized spacial score (nSPS) is 10.6. The van der Waals surface area contributed by atoms with Gasteiger partial charge in [-0.2, -0.15) is 5.10 Å². The Labute approximate surface area is 129 Å². The van der Waals surface area contributed by atoms with Gasteiger partial charge in [-0.15, -0.1) is 0 Å². The molecule has 0 aliphatic heterocycles. The molecule has 4 heteroatoms. The van der Waals surface area contributed by atoms with Crippen LogP contribution in [0.3, 0.4) is 0 Å². The van der Waals surface area contributed by atoms with E-state index in [4.69, 9.17) is 0 Å². The quantitative estimate of drug-likeness (QED) is 0.745. The summed E-state index contributed by atoms with van der Waals surface area (Å²) in [5, 5.41) is 4.52. The second kappa shape index (κ2) is 5.93. The molecule has 1 aromatic carbocycles. The largest absolute Gasteiger partial charge is 0.268 e. The third-order valence-corrected chi connectivity index (χ3v) is 3.62. The Morgan fingerprint density at radius 2 is 1.77 bits per heavy atom. The molecule has 0 fully saturated rings. The van der Waals surface area contributed by atoms with Gasteiger partial charge in [0.25, 0.3) is 5.56 Å². The molecule has 4 nitrogen and oxygen atoms in total. The van der Waals surface area contributed by atoms with Crippen molar-refractivity contribution in [3.05, 3.63) is 81.9 Å². The first-order valence-corrected chi connectivity index (χ1v) is 7.18. The Morgan fingerprint density at radius 3 is 2.55 bits per heavy atom. The second-order valence-electron chi connectivity index (χ2n) is 5.39. The fourth-order valence-corrected chi connectivity index (χ4v) is 2.38. The van der Waals surface area contributed by atoms with Crippen molar-refractivity contribution in [2.75, 3.05) is 0 Å². The van der Waals surface area contributed by atoms with Crippen LogP contribution >= 0.6 is 0 Å². The maximum absolute atomic E-state index is 12.0. The van der Waals surface area contributed by atoms with Gasteiger partial charge in [-0.1, -0.05) is 17.7 Å². The van der Waals surface area contributed by atoms with E-state index in [9.17, 15) is 4.79 Å². The van der Waals surface area contributed by atoms with Gasteiger partial charge in [0.2, 0.25) is 0 Å². The van der Waals surface area contributed by atoms with Crippen molar-refractivity contribution in [1.29, 1.82) is 0 Å². The number of benzene rings is 1. The molecular weight excluding hydrogens is 274 g/mol. The van der Waals surface area contributed by atoms with E-state index in [0.29, 0.717) is 6.54 Å². The van der Waals surface area contributed by atoms with E-state index in [1.165, 1.54) is 10.2 Å². The first-order valence-electron chi connectivity index (χ1n) is 7.18. The highest BCUT2D eigenvalue weighted by molar-refractivity contribution is 5.63. The smallest absolute Gasteiger partial charge is 0.267 e. The molecule has 110 valence electrons. The summed E-state index contributed by atoms with van der Waals surface area (Å²) in [6, 6.07) is 13.4. The van der Waals surface area contributed by atoms with E-state index in [1.54, 1.807) is 24.5 Å². The van der Waals surface area contributed by atoms with E-state index in [2.05, 4.69) is 42.1 Å². The topological polar surface area (TPSA) is 47.8 Å². The maximum Gasteiger partial charge on any atom is 0.267 e.